The van der Waals surface area contributed by atoms with E-state index in [2.05, 4.69) is 36.2 Å². The zero-order valence-electron chi connectivity index (χ0n) is 13.7. The van der Waals surface area contributed by atoms with Crippen molar-refractivity contribution in [2.75, 3.05) is 5.32 Å². The molecular formula is C19H20N2O2S. The van der Waals surface area contributed by atoms with E-state index in [0.717, 1.165) is 17.2 Å². The van der Waals surface area contributed by atoms with Crippen molar-refractivity contribution in [2.24, 2.45) is 0 Å². The number of hydrogen-bond acceptors (Lipinski definition) is 3. The Morgan fingerprint density at radius 3 is 2.58 bits per heavy atom. The van der Waals surface area contributed by atoms with E-state index in [9.17, 15) is 0 Å². The number of hydrogen-bond donors (Lipinski definition) is 1. The highest BCUT2D eigenvalue weighted by molar-refractivity contribution is 7.80. The third kappa shape index (κ3) is 3.86. The molecule has 2 aromatic heterocycles. The number of benzene rings is 1. The summed E-state index contributed by atoms with van der Waals surface area (Å²) in [5.74, 6) is 1.71. The first-order valence-corrected chi connectivity index (χ1v) is 8.24. The van der Waals surface area contributed by atoms with Gasteiger partial charge in [0, 0.05) is 5.69 Å². The summed E-state index contributed by atoms with van der Waals surface area (Å²) in [7, 11) is 0. The van der Waals surface area contributed by atoms with E-state index in [4.69, 9.17) is 21.1 Å². The Kier molecular flexibility index (Phi) is 5.01. The van der Waals surface area contributed by atoms with Crippen molar-refractivity contribution in [3.05, 3.63) is 78.1 Å². The summed E-state index contributed by atoms with van der Waals surface area (Å²) >= 11 is 5.66. The first kappa shape index (κ1) is 16.3. The Balaban J connectivity index is 1.81. The first-order valence-electron chi connectivity index (χ1n) is 7.83. The standard InChI is InChI=1S/C19H20N2O2S/c1-14-6-3-7-16(12-14)20-19(24)21(13-17-8-4-10-22-17)15(2)18-9-5-11-23-18/h3-12,15H,13H2,1-2H3,(H,20,24). The topological polar surface area (TPSA) is 41.5 Å². The smallest absolute Gasteiger partial charge is 0.174 e. The second-order valence-electron chi connectivity index (χ2n) is 5.70. The first-order chi connectivity index (χ1) is 11.6. The zero-order chi connectivity index (χ0) is 16.9. The fraction of sp³-hybridized carbons (Fsp3) is 0.211. The number of nitrogens with zero attached hydrogens (tertiary/aromatic N) is 1. The Labute approximate surface area is 147 Å². The molecule has 3 aromatic rings. The van der Waals surface area contributed by atoms with Crippen molar-refractivity contribution in [1.29, 1.82) is 0 Å². The molecule has 1 atom stereocenters. The van der Waals surface area contributed by atoms with Gasteiger partial charge in [0.1, 0.15) is 11.5 Å². The van der Waals surface area contributed by atoms with E-state index in [1.54, 1.807) is 12.5 Å². The summed E-state index contributed by atoms with van der Waals surface area (Å²) in [6.45, 7) is 4.68. The molecule has 0 aliphatic carbocycles. The van der Waals surface area contributed by atoms with Gasteiger partial charge in [-0.15, -0.1) is 0 Å². The zero-order valence-corrected chi connectivity index (χ0v) is 14.5. The summed E-state index contributed by atoms with van der Waals surface area (Å²) in [4.78, 5) is 2.05. The van der Waals surface area contributed by atoms with Gasteiger partial charge in [-0.05, 0) is 68.0 Å². The molecule has 5 heteroatoms. The maximum absolute atomic E-state index is 5.66. The minimum absolute atomic E-state index is 0.0186. The lowest BCUT2D eigenvalue weighted by Gasteiger charge is -2.30. The molecule has 1 aromatic carbocycles. The van der Waals surface area contributed by atoms with Crippen LogP contribution >= 0.6 is 12.2 Å². The SMILES string of the molecule is Cc1cccc(NC(=S)N(Cc2ccco2)C(C)c2ccco2)c1. The van der Waals surface area contributed by atoms with Crippen LogP contribution in [0.3, 0.4) is 0 Å². The monoisotopic (exact) mass is 340 g/mol. The normalized spacial score (nSPS) is 11.9. The molecule has 0 saturated carbocycles. The van der Waals surface area contributed by atoms with Crippen molar-refractivity contribution >= 4 is 23.0 Å². The molecule has 0 saturated heterocycles. The van der Waals surface area contributed by atoms with Crippen LogP contribution in [0.4, 0.5) is 5.69 Å². The van der Waals surface area contributed by atoms with E-state index in [1.807, 2.05) is 36.4 Å². The van der Waals surface area contributed by atoms with Gasteiger partial charge in [-0.2, -0.15) is 0 Å². The van der Waals surface area contributed by atoms with Crippen LogP contribution < -0.4 is 5.32 Å². The number of nitrogens with one attached hydrogen (secondary N) is 1. The number of thiocarbonyl (C=S) groups is 1. The molecule has 0 radical (unpaired) electrons. The Morgan fingerprint density at radius 2 is 1.92 bits per heavy atom. The lowest BCUT2D eigenvalue weighted by Crippen LogP contribution is -2.36. The average molecular weight is 340 g/mol. The van der Waals surface area contributed by atoms with Crippen LogP contribution in [0.1, 0.15) is 30.0 Å². The summed E-state index contributed by atoms with van der Waals surface area (Å²) in [6.07, 6.45) is 3.34. The molecule has 0 spiro atoms. The second-order valence-corrected chi connectivity index (χ2v) is 6.08. The van der Waals surface area contributed by atoms with Crippen molar-refractivity contribution in [3.8, 4) is 0 Å². The fourth-order valence-electron chi connectivity index (χ4n) is 2.56. The lowest BCUT2D eigenvalue weighted by molar-refractivity contribution is 0.269. The average Bonchev–Trinajstić information content (AvgIpc) is 3.25. The highest BCUT2D eigenvalue weighted by Crippen LogP contribution is 2.24. The largest absolute Gasteiger partial charge is 0.467 e. The molecule has 0 amide bonds. The number of aryl methyl sites for hydroxylation is 1. The fourth-order valence-corrected chi connectivity index (χ4v) is 2.90. The van der Waals surface area contributed by atoms with Crippen LogP contribution in [-0.4, -0.2) is 10.0 Å². The molecule has 1 unspecified atom stereocenters. The Morgan fingerprint density at radius 1 is 1.12 bits per heavy atom. The van der Waals surface area contributed by atoms with Crippen LogP contribution in [0.5, 0.6) is 0 Å². The molecule has 2 heterocycles. The summed E-state index contributed by atoms with van der Waals surface area (Å²) in [5.41, 5.74) is 2.15. The minimum atomic E-state index is -0.0186. The van der Waals surface area contributed by atoms with Crippen LogP contribution in [0.15, 0.2) is 69.9 Å². The lowest BCUT2D eigenvalue weighted by atomic mass is 10.2. The Bertz CT molecular complexity index is 782. The van der Waals surface area contributed by atoms with Crippen molar-refractivity contribution in [2.45, 2.75) is 26.4 Å². The van der Waals surface area contributed by atoms with E-state index in [-0.39, 0.29) is 6.04 Å². The molecule has 1 N–H and O–H groups in total. The molecule has 0 fully saturated rings. The maximum Gasteiger partial charge on any atom is 0.174 e. The summed E-state index contributed by atoms with van der Waals surface area (Å²) in [5, 5.41) is 3.94. The van der Waals surface area contributed by atoms with Gasteiger partial charge in [-0.1, -0.05) is 12.1 Å². The highest BCUT2D eigenvalue weighted by atomic mass is 32.1. The number of furan rings is 2. The van der Waals surface area contributed by atoms with Crippen LogP contribution in [0.2, 0.25) is 0 Å². The van der Waals surface area contributed by atoms with Crippen molar-refractivity contribution in [1.82, 2.24) is 4.90 Å². The van der Waals surface area contributed by atoms with E-state index < -0.39 is 0 Å². The molecule has 0 bridgehead atoms. The molecule has 0 aliphatic heterocycles. The van der Waals surface area contributed by atoms with Gasteiger partial charge >= 0.3 is 0 Å². The van der Waals surface area contributed by atoms with Gasteiger partial charge in [0.2, 0.25) is 0 Å². The van der Waals surface area contributed by atoms with Gasteiger partial charge in [-0.3, -0.25) is 0 Å². The molecule has 4 nitrogen and oxygen atoms in total. The minimum Gasteiger partial charge on any atom is -0.467 e. The second kappa shape index (κ2) is 7.36. The molecule has 3 rings (SSSR count). The van der Waals surface area contributed by atoms with Gasteiger partial charge in [0.15, 0.2) is 5.11 Å². The van der Waals surface area contributed by atoms with Crippen LogP contribution in [0.25, 0.3) is 0 Å². The van der Waals surface area contributed by atoms with Crippen molar-refractivity contribution in [3.63, 3.8) is 0 Å². The van der Waals surface area contributed by atoms with Crippen molar-refractivity contribution < 1.29 is 8.83 Å². The molecule has 124 valence electrons. The predicted molar refractivity (Wildman–Crippen MR) is 98.8 cm³/mol. The molecule has 24 heavy (non-hydrogen) atoms. The van der Waals surface area contributed by atoms with E-state index in [1.165, 1.54) is 5.56 Å². The van der Waals surface area contributed by atoms with Gasteiger partial charge < -0.3 is 19.1 Å². The summed E-state index contributed by atoms with van der Waals surface area (Å²) in [6, 6.07) is 15.8. The highest BCUT2D eigenvalue weighted by Gasteiger charge is 2.22. The third-order valence-electron chi connectivity index (χ3n) is 3.86. The number of rotatable bonds is 5. The molecular weight excluding hydrogens is 320 g/mol. The Hall–Kier alpha value is -2.53. The number of anilines is 1. The van der Waals surface area contributed by atoms with Crippen LogP contribution in [0, 0.1) is 6.92 Å². The van der Waals surface area contributed by atoms with Crippen LogP contribution in [-0.2, 0) is 6.54 Å². The third-order valence-corrected chi connectivity index (χ3v) is 4.20. The van der Waals surface area contributed by atoms with Gasteiger partial charge in [0.05, 0.1) is 25.1 Å². The van der Waals surface area contributed by atoms with Gasteiger partial charge in [0.25, 0.3) is 0 Å². The quantitative estimate of drug-likeness (QED) is 0.651. The molecule has 0 aliphatic rings. The van der Waals surface area contributed by atoms with E-state index in [0.29, 0.717) is 11.7 Å². The van der Waals surface area contributed by atoms with Gasteiger partial charge in [-0.25, -0.2) is 0 Å². The maximum atomic E-state index is 5.66. The van der Waals surface area contributed by atoms with E-state index >= 15 is 0 Å². The predicted octanol–water partition coefficient (Wildman–Crippen LogP) is 5.14. The summed E-state index contributed by atoms with van der Waals surface area (Å²) < 4.78 is 11.0.